The molecule has 2 atom stereocenters. The first-order valence-corrected chi connectivity index (χ1v) is 6.02. The van der Waals surface area contributed by atoms with Gasteiger partial charge in [-0.3, -0.25) is 0 Å². The van der Waals surface area contributed by atoms with E-state index >= 15 is 0 Å². The molecule has 2 heteroatoms. The minimum atomic E-state index is 0.0815. The first-order valence-electron chi connectivity index (χ1n) is 6.02. The van der Waals surface area contributed by atoms with E-state index in [1.807, 2.05) is 6.92 Å². The van der Waals surface area contributed by atoms with E-state index < -0.39 is 0 Å². The molecule has 0 aliphatic carbocycles. The van der Waals surface area contributed by atoms with Crippen molar-refractivity contribution in [3.63, 3.8) is 0 Å². The number of benzene rings is 1. The van der Waals surface area contributed by atoms with Crippen LogP contribution in [0.5, 0.6) is 0 Å². The van der Waals surface area contributed by atoms with Crippen LogP contribution in [0.25, 0.3) is 0 Å². The van der Waals surface area contributed by atoms with Crippen LogP contribution in [-0.4, -0.2) is 13.1 Å². The van der Waals surface area contributed by atoms with Gasteiger partial charge in [0.05, 0.1) is 0 Å². The maximum atomic E-state index is 6.00. The van der Waals surface area contributed by atoms with Crippen LogP contribution in [0.1, 0.15) is 39.3 Å². The van der Waals surface area contributed by atoms with E-state index in [1.165, 1.54) is 11.3 Å². The molecule has 0 aromatic heterocycles. The Bertz CT molecular complexity index is 331. The highest BCUT2D eigenvalue weighted by atomic mass is 15.1. The summed E-state index contributed by atoms with van der Waals surface area (Å²) < 4.78 is 0. The molecule has 1 aromatic carbocycles. The lowest BCUT2D eigenvalue weighted by Crippen LogP contribution is -2.34. The highest BCUT2D eigenvalue weighted by Crippen LogP contribution is 2.26. The molecule has 0 saturated carbocycles. The van der Waals surface area contributed by atoms with Crippen LogP contribution in [0.15, 0.2) is 24.3 Å². The van der Waals surface area contributed by atoms with Gasteiger partial charge in [-0.05, 0) is 31.4 Å². The van der Waals surface area contributed by atoms with Crippen molar-refractivity contribution in [1.82, 2.24) is 0 Å². The van der Waals surface area contributed by atoms with Crippen molar-refractivity contribution in [2.45, 2.75) is 39.8 Å². The van der Waals surface area contributed by atoms with Crippen LogP contribution in [0.4, 0.5) is 5.69 Å². The third-order valence-corrected chi connectivity index (χ3v) is 3.38. The number of nitrogens with zero attached hydrogens (tertiary/aromatic N) is 1. The van der Waals surface area contributed by atoms with Crippen LogP contribution in [0.2, 0.25) is 0 Å². The minimum absolute atomic E-state index is 0.0815. The Balaban J connectivity index is 3.03. The molecule has 0 aliphatic heterocycles. The summed E-state index contributed by atoms with van der Waals surface area (Å²) in [5.74, 6) is 0.631. The zero-order valence-corrected chi connectivity index (χ0v) is 11.1. The second-order valence-corrected chi connectivity index (χ2v) is 4.94. The monoisotopic (exact) mass is 220 g/mol. The molecule has 0 saturated heterocycles. The van der Waals surface area contributed by atoms with Gasteiger partial charge in [-0.25, -0.2) is 0 Å². The molecule has 0 radical (unpaired) electrons. The predicted octanol–water partition coefficient (Wildman–Crippen LogP) is 3.19. The maximum Gasteiger partial charge on any atom is 0.0414 e. The Morgan fingerprint density at radius 2 is 1.62 bits per heavy atom. The van der Waals surface area contributed by atoms with Crippen molar-refractivity contribution < 1.29 is 0 Å². The predicted molar refractivity (Wildman–Crippen MR) is 71.7 cm³/mol. The number of rotatable bonds is 4. The van der Waals surface area contributed by atoms with E-state index in [0.29, 0.717) is 12.0 Å². The molecule has 1 aromatic rings. The van der Waals surface area contributed by atoms with E-state index in [4.69, 9.17) is 5.73 Å². The zero-order valence-electron chi connectivity index (χ0n) is 11.1. The van der Waals surface area contributed by atoms with Crippen molar-refractivity contribution in [3.05, 3.63) is 29.8 Å². The Kier molecular flexibility index (Phi) is 4.36. The van der Waals surface area contributed by atoms with Gasteiger partial charge in [0.15, 0.2) is 0 Å². The van der Waals surface area contributed by atoms with E-state index in [0.717, 1.165) is 0 Å². The Morgan fingerprint density at radius 1 is 1.06 bits per heavy atom. The summed E-state index contributed by atoms with van der Waals surface area (Å²) in [6.07, 6.45) is 0. The van der Waals surface area contributed by atoms with Crippen molar-refractivity contribution in [3.8, 4) is 0 Å². The Hall–Kier alpha value is -1.02. The molecular weight excluding hydrogens is 196 g/mol. The maximum absolute atomic E-state index is 6.00. The molecule has 1 rings (SSSR count). The average Bonchev–Trinajstić information content (AvgIpc) is 2.26. The fourth-order valence-corrected chi connectivity index (χ4v) is 1.86. The molecule has 2 N–H and O–H groups in total. The smallest absolute Gasteiger partial charge is 0.0414 e. The Labute approximate surface area is 99.5 Å². The molecule has 0 spiro atoms. The summed E-state index contributed by atoms with van der Waals surface area (Å²) in [4.78, 5) is 2.32. The van der Waals surface area contributed by atoms with Gasteiger partial charge >= 0.3 is 0 Å². The van der Waals surface area contributed by atoms with Gasteiger partial charge in [-0.2, -0.15) is 0 Å². The van der Waals surface area contributed by atoms with Crippen LogP contribution < -0.4 is 10.6 Å². The number of hydrogen-bond acceptors (Lipinski definition) is 2. The number of para-hydroxylation sites is 1. The summed E-state index contributed by atoms with van der Waals surface area (Å²) >= 11 is 0. The minimum Gasteiger partial charge on any atom is -0.371 e. The molecule has 0 aliphatic rings. The van der Waals surface area contributed by atoms with Gasteiger partial charge in [0.1, 0.15) is 0 Å². The fraction of sp³-hybridized carbons (Fsp3) is 0.571. The number of anilines is 1. The molecule has 1 unspecified atom stereocenters. The first-order chi connectivity index (χ1) is 7.45. The lowest BCUT2D eigenvalue weighted by atomic mass is 10.0. The normalized spacial score (nSPS) is 14.9. The van der Waals surface area contributed by atoms with Gasteiger partial charge in [0.2, 0.25) is 0 Å². The lowest BCUT2D eigenvalue weighted by Gasteiger charge is -2.32. The standard InChI is InChI=1S/C14H24N2/c1-10(2)12(4)16(5)14-9-7-6-8-13(14)11(3)15/h6-12H,15H2,1-5H3/t11-,12?/m0/s1. The van der Waals surface area contributed by atoms with Crippen molar-refractivity contribution in [1.29, 1.82) is 0 Å². The van der Waals surface area contributed by atoms with Gasteiger partial charge in [0, 0.05) is 24.8 Å². The SMILES string of the molecule is CC(C)C(C)N(C)c1ccccc1[C@H](C)N. The third kappa shape index (κ3) is 2.76. The van der Waals surface area contributed by atoms with Gasteiger partial charge < -0.3 is 10.6 Å². The molecular formula is C14H24N2. The van der Waals surface area contributed by atoms with Crippen LogP contribution in [0.3, 0.4) is 0 Å². The van der Waals surface area contributed by atoms with E-state index in [-0.39, 0.29) is 6.04 Å². The van der Waals surface area contributed by atoms with Crippen LogP contribution >= 0.6 is 0 Å². The summed E-state index contributed by atoms with van der Waals surface area (Å²) in [5, 5.41) is 0. The van der Waals surface area contributed by atoms with Gasteiger partial charge in [-0.1, -0.05) is 32.0 Å². The quantitative estimate of drug-likeness (QED) is 0.844. The molecule has 16 heavy (non-hydrogen) atoms. The van der Waals surface area contributed by atoms with Crippen molar-refractivity contribution in [2.75, 3.05) is 11.9 Å². The van der Waals surface area contributed by atoms with E-state index in [1.54, 1.807) is 0 Å². The topological polar surface area (TPSA) is 29.3 Å². The Morgan fingerprint density at radius 3 is 2.12 bits per heavy atom. The summed E-state index contributed by atoms with van der Waals surface area (Å²) in [5.41, 5.74) is 8.47. The highest BCUT2D eigenvalue weighted by Gasteiger charge is 2.17. The second-order valence-electron chi connectivity index (χ2n) is 4.94. The van der Waals surface area contributed by atoms with Crippen LogP contribution in [-0.2, 0) is 0 Å². The van der Waals surface area contributed by atoms with Crippen molar-refractivity contribution in [2.24, 2.45) is 11.7 Å². The molecule has 0 amide bonds. The second kappa shape index (κ2) is 5.35. The first kappa shape index (κ1) is 13.0. The van der Waals surface area contributed by atoms with Crippen LogP contribution in [0, 0.1) is 5.92 Å². The summed E-state index contributed by atoms with van der Waals surface area (Å²) in [7, 11) is 2.14. The molecule has 0 fully saturated rings. The lowest BCUT2D eigenvalue weighted by molar-refractivity contribution is 0.504. The zero-order chi connectivity index (χ0) is 12.3. The fourth-order valence-electron chi connectivity index (χ4n) is 1.86. The van der Waals surface area contributed by atoms with Crippen molar-refractivity contribution >= 4 is 5.69 Å². The number of nitrogens with two attached hydrogens (primary N) is 1. The summed E-state index contributed by atoms with van der Waals surface area (Å²) in [6.45, 7) is 8.78. The number of hydrogen-bond donors (Lipinski definition) is 1. The van der Waals surface area contributed by atoms with E-state index in [9.17, 15) is 0 Å². The molecule has 2 nitrogen and oxygen atoms in total. The van der Waals surface area contributed by atoms with Gasteiger partial charge in [-0.15, -0.1) is 0 Å². The van der Waals surface area contributed by atoms with E-state index in [2.05, 4.69) is 57.0 Å². The third-order valence-electron chi connectivity index (χ3n) is 3.38. The molecule has 0 bridgehead atoms. The van der Waals surface area contributed by atoms with Gasteiger partial charge in [0.25, 0.3) is 0 Å². The molecule has 0 heterocycles. The molecule has 90 valence electrons. The summed E-state index contributed by atoms with van der Waals surface area (Å²) in [6, 6.07) is 8.99. The highest BCUT2D eigenvalue weighted by molar-refractivity contribution is 5.55. The average molecular weight is 220 g/mol. The largest absolute Gasteiger partial charge is 0.371 e.